The molecule has 3 N–H and O–H groups in total. The molecule has 0 spiro atoms. The lowest BCUT2D eigenvalue weighted by molar-refractivity contribution is 0.542. The van der Waals surface area contributed by atoms with Crippen LogP contribution >= 0.6 is 0 Å². The molecule has 5 heteroatoms. The molecule has 102 valence electrons. The molecule has 0 saturated carbocycles. The molecule has 1 atom stereocenters. The van der Waals surface area contributed by atoms with Gasteiger partial charge in [-0.2, -0.15) is 0 Å². The molecule has 0 fully saturated rings. The summed E-state index contributed by atoms with van der Waals surface area (Å²) in [5, 5.41) is 0. The quantitative estimate of drug-likeness (QED) is 0.828. The molecule has 0 aromatic heterocycles. The van der Waals surface area contributed by atoms with Crippen molar-refractivity contribution in [3.63, 3.8) is 0 Å². The van der Waals surface area contributed by atoms with E-state index in [4.69, 9.17) is 5.73 Å². The van der Waals surface area contributed by atoms with E-state index in [9.17, 15) is 8.42 Å². The fraction of sp³-hybridized carbons (Fsp3) is 0.538. The summed E-state index contributed by atoms with van der Waals surface area (Å²) in [7, 11) is -3.46. The average Bonchev–Trinajstić information content (AvgIpc) is 2.36. The number of sulfonamides is 1. The van der Waals surface area contributed by atoms with Crippen molar-refractivity contribution in [3.05, 3.63) is 29.8 Å². The molecule has 0 aliphatic carbocycles. The van der Waals surface area contributed by atoms with Crippen molar-refractivity contribution in [2.75, 3.05) is 6.54 Å². The van der Waals surface area contributed by atoms with Gasteiger partial charge in [0.1, 0.15) is 0 Å². The van der Waals surface area contributed by atoms with Gasteiger partial charge in [-0.3, -0.25) is 0 Å². The van der Waals surface area contributed by atoms with Crippen molar-refractivity contribution in [2.24, 2.45) is 5.73 Å². The van der Waals surface area contributed by atoms with Crippen LogP contribution in [0.1, 0.15) is 38.7 Å². The topological polar surface area (TPSA) is 72.2 Å². The second-order valence-electron chi connectivity index (χ2n) is 4.69. The monoisotopic (exact) mass is 270 g/mol. The Balaban J connectivity index is 2.91. The number of nitrogens with two attached hydrogens (primary N) is 1. The molecule has 0 amide bonds. The van der Waals surface area contributed by atoms with E-state index in [1.165, 1.54) is 0 Å². The smallest absolute Gasteiger partial charge is 0.240 e. The highest BCUT2D eigenvalue weighted by Crippen LogP contribution is 2.17. The molecular weight excluding hydrogens is 248 g/mol. The van der Waals surface area contributed by atoms with Crippen LogP contribution in [0.15, 0.2) is 29.2 Å². The summed E-state index contributed by atoms with van der Waals surface area (Å²) in [4.78, 5) is 0.291. The van der Waals surface area contributed by atoms with Crippen LogP contribution in [0.5, 0.6) is 0 Å². The van der Waals surface area contributed by atoms with Gasteiger partial charge in [-0.1, -0.05) is 32.9 Å². The Labute approximate surface area is 110 Å². The van der Waals surface area contributed by atoms with Crippen LogP contribution in [-0.4, -0.2) is 21.0 Å². The third-order valence-electron chi connectivity index (χ3n) is 2.96. The maximum absolute atomic E-state index is 12.1. The van der Waals surface area contributed by atoms with Crippen molar-refractivity contribution in [1.29, 1.82) is 0 Å². The number of hydrogen-bond donors (Lipinski definition) is 2. The van der Waals surface area contributed by atoms with Crippen LogP contribution in [-0.2, 0) is 10.0 Å². The summed E-state index contributed by atoms with van der Waals surface area (Å²) >= 11 is 0. The molecular formula is C13H22N2O2S. The molecule has 0 saturated heterocycles. The second kappa shape index (κ2) is 6.31. The second-order valence-corrected chi connectivity index (χ2v) is 6.40. The van der Waals surface area contributed by atoms with Gasteiger partial charge in [-0.25, -0.2) is 13.1 Å². The van der Waals surface area contributed by atoms with E-state index in [0.717, 1.165) is 5.56 Å². The standard InChI is InChI=1S/C13H22N2O2S/c1-4-12(9-14)15-18(16,17)13-7-5-11(6-8-13)10(2)3/h5-8,10,12,15H,4,9,14H2,1-3H3. The van der Waals surface area contributed by atoms with Crippen molar-refractivity contribution < 1.29 is 8.42 Å². The maximum atomic E-state index is 12.1. The van der Waals surface area contributed by atoms with Crippen LogP contribution in [0.2, 0.25) is 0 Å². The van der Waals surface area contributed by atoms with Gasteiger partial charge in [-0.15, -0.1) is 0 Å². The SMILES string of the molecule is CCC(CN)NS(=O)(=O)c1ccc(C(C)C)cc1. The van der Waals surface area contributed by atoms with E-state index in [-0.39, 0.29) is 6.04 Å². The predicted octanol–water partition coefficient (Wildman–Crippen LogP) is 1.83. The first kappa shape index (κ1) is 15.1. The van der Waals surface area contributed by atoms with Crippen LogP contribution in [0.4, 0.5) is 0 Å². The highest BCUT2D eigenvalue weighted by molar-refractivity contribution is 7.89. The largest absolute Gasteiger partial charge is 0.329 e. The first-order valence-electron chi connectivity index (χ1n) is 6.23. The normalized spacial score (nSPS) is 13.8. The van der Waals surface area contributed by atoms with Gasteiger partial charge < -0.3 is 5.73 Å². The lowest BCUT2D eigenvalue weighted by atomic mass is 10.0. The van der Waals surface area contributed by atoms with E-state index in [0.29, 0.717) is 23.8 Å². The van der Waals surface area contributed by atoms with Gasteiger partial charge in [0.2, 0.25) is 10.0 Å². The van der Waals surface area contributed by atoms with Crippen LogP contribution in [0, 0.1) is 0 Å². The Morgan fingerprint density at radius 1 is 1.22 bits per heavy atom. The van der Waals surface area contributed by atoms with Gasteiger partial charge >= 0.3 is 0 Å². The van der Waals surface area contributed by atoms with Crippen LogP contribution < -0.4 is 10.5 Å². The summed E-state index contributed by atoms with van der Waals surface area (Å²) in [5.41, 5.74) is 6.63. The van der Waals surface area contributed by atoms with E-state index in [1.807, 2.05) is 19.1 Å². The molecule has 1 aromatic rings. The molecule has 1 aromatic carbocycles. The first-order valence-corrected chi connectivity index (χ1v) is 7.71. The van der Waals surface area contributed by atoms with Gasteiger partial charge in [0.05, 0.1) is 4.90 Å². The minimum Gasteiger partial charge on any atom is -0.329 e. The zero-order valence-corrected chi connectivity index (χ0v) is 12.0. The summed E-state index contributed by atoms with van der Waals surface area (Å²) in [6, 6.07) is 6.77. The zero-order chi connectivity index (χ0) is 13.8. The number of rotatable bonds is 6. The van der Waals surface area contributed by atoms with Crippen molar-refractivity contribution in [2.45, 2.75) is 44.0 Å². The third-order valence-corrected chi connectivity index (χ3v) is 4.49. The predicted molar refractivity (Wildman–Crippen MR) is 74.0 cm³/mol. The fourth-order valence-electron chi connectivity index (χ4n) is 1.62. The Kier molecular flexibility index (Phi) is 5.31. The molecule has 18 heavy (non-hydrogen) atoms. The molecule has 1 unspecified atom stereocenters. The Bertz CT molecular complexity index is 462. The Morgan fingerprint density at radius 3 is 2.17 bits per heavy atom. The highest BCUT2D eigenvalue weighted by atomic mass is 32.2. The van der Waals surface area contributed by atoms with Gasteiger partial charge in [0.15, 0.2) is 0 Å². The van der Waals surface area contributed by atoms with Crippen LogP contribution in [0.3, 0.4) is 0 Å². The summed E-state index contributed by atoms with van der Waals surface area (Å²) < 4.78 is 26.8. The fourth-order valence-corrected chi connectivity index (χ4v) is 2.95. The molecule has 0 aliphatic heterocycles. The summed E-state index contributed by atoms with van der Waals surface area (Å²) in [5.74, 6) is 0.391. The molecule has 4 nitrogen and oxygen atoms in total. The zero-order valence-electron chi connectivity index (χ0n) is 11.2. The van der Waals surface area contributed by atoms with Gasteiger partial charge in [-0.05, 0) is 30.0 Å². The van der Waals surface area contributed by atoms with E-state index < -0.39 is 10.0 Å². The number of benzene rings is 1. The van der Waals surface area contributed by atoms with E-state index in [1.54, 1.807) is 12.1 Å². The van der Waals surface area contributed by atoms with E-state index in [2.05, 4.69) is 18.6 Å². The lowest BCUT2D eigenvalue weighted by Gasteiger charge is -2.15. The van der Waals surface area contributed by atoms with E-state index >= 15 is 0 Å². The third kappa shape index (κ3) is 3.80. The lowest BCUT2D eigenvalue weighted by Crippen LogP contribution is -2.39. The van der Waals surface area contributed by atoms with Crippen LogP contribution in [0.25, 0.3) is 0 Å². The first-order chi connectivity index (χ1) is 8.40. The maximum Gasteiger partial charge on any atom is 0.240 e. The molecule has 0 radical (unpaired) electrons. The van der Waals surface area contributed by atoms with Crippen molar-refractivity contribution >= 4 is 10.0 Å². The van der Waals surface area contributed by atoms with Crippen molar-refractivity contribution in [3.8, 4) is 0 Å². The number of nitrogens with one attached hydrogen (secondary N) is 1. The van der Waals surface area contributed by atoms with Gasteiger partial charge in [0.25, 0.3) is 0 Å². The Hall–Kier alpha value is -0.910. The minimum atomic E-state index is -3.46. The Morgan fingerprint density at radius 2 is 1.78 bits per heavy atom. The van der Waals surface area contributed by atoms with Gasteiger partial charge in [0, 0.05) is 12.6 Å². The molecule has 0 heterocycles. The average molecular weight is 270 g/mol. The van der Waals surface area contributed by atoms with Crippen molar-refractivity contribution in [1.82, 2.24) is 4.72 Å². The number of hydrogen-bond acceptors (Lipinski definition) is 3. The summed E-state index contributed by atoms with van der Waals surface area (Å²) in [6.07, 6.45) is 0.680. The summed E-state index contributed by atoms with van der Waals surface area (Å²) in [6.45, 7) is 6.36. The molecule has 0 aliphatic rings. The minimum absolute atomic E-state index is 0.209. The molecule has 0 bridgehead atoms. The highest BCUT2D eigenvalue weighted by Gasteiger charge is 2.18. The molecule has 1 rings (SSSR count).